The fraction of sp³-hybridized carbons (Fsp3) is 0.400. The average molecular weight is 378 g/mol. The van der Waals surface area contributed by atoms with E-state index >= 15 is 0 Å². The van der Waals surface area contributed by atoms with E-state index in [0.717, 1.165) is 0 Å². The van der Waals surface area contributed by atoms with Crippen LogP contribution in [0.15, 0.2) is 46.6 Å². The zero-order valence-corrected chi connectivity index (χ0v) is 16.1. The lowest BCUT2D eigenvalue weighted by molar-refractivity contribution is -0.154. The van der Waals surface area contributed by atoms with Gasteiger partial charge < -0.3 is 14.9 Å². The summed E-state index contributed by atoms with van der Waals surface area (Å²) in [6.45, 7) is 6.26. The third-order valence-corrected chi connectivity index (χ3v) is 3.67. The maximum atomic E-state index is 12.1. The van der Waals surface area contributed by atoms with Crippen molar-refractivity contribution in [1.82, 2.24) is 0 Å². The molecule has 0 aliphatic heterocycles. The third kappa shape index (κ3) is 8.31. The quantitative estimate of drug-likeness (QED) is 0.258. The molecule has 0 unspecified atom stereocenters. The molecular formula is C20H26O7. The van der Waals surface area contributed by atoms with Gasteiger partial charge in [0, 0.05) is 11.1 Å². The normalized spacial score (nSPS) is 13.3. The number of hydrogen-bond acceptors (Lipinski definition) is 5. The summed E-state index contributed by atoms with van der Waals surface area (Å²) in [6, 6.07) is 0. The molecule has 0 aromatic carbocycles. The molecule has 0 saturated heterocycles. The van der Waals surface area contributed by atoms with Crippen LogP contribution in [0.2, 0.25) is 0 Å². The van der Waals surface area contributed by atoms with Crippen LogP contribution in [0.3, 0.4) is 0 Å². The molecule has 148 valence electrons. The summed E-state index contributed by atoms with van der Waals surface area (Å²) in [5.41, 5.74) is -0.814. The topological polar surface area (TPSA) is 118 Å². The van der Waals surface area contributed by atoms with E-state index in [-0.39, 0.29) is 35.1 Å². The van der Waals surface area contributed by atoms with E-state index in [2.05, 4.69) is 4.74 Å². The second-order valence-electron chi connectivity index (χ2n) is 5.66. The molecule has 0 spiro atoms. The monoisotopic (exact) mass is 378 g/mol. The number of rotatable bonds is 10. The van der Waals surface area contributed by atoms with Crippen LogP contribution >= 0.6 is 0 Å². The van der Waals surface area contributed by atoms with Gasteiger partial charge in [-0.3, -0.25) is 0 Å². The summed E-state index contributed by atoms with van der Waals surface area (Å²) < 4.78 is 4.68. The summed E-state index contributed by atoms with van der Waals surface area (Å²) in [5, 5.41) is 18.5. The van der Waals surface area contributed by atoms with Gasteiger partial charge in [-0.05, 0) is 39.5 Å². The summed E-state index contributed by atoms with van der Waals surface area (Å²) >= 11 is 0. The Morgan fingerprint density at radius 3 is 1.30 bits per heavy atom. The van der Waals surface area contributed by atoms with Gasteiger partial charge in [-0.1, -0.05) is 38.2 Å². The van der Waals surface area contributed by atoms with Gasteiger partial charge in [-0.15, -0.1) is 0 Å². The Labute approximate surface area is 158 Å². The molecule has 27 heavy (non-hydrogen) atoms. The van der Waals surface area contributed by atoms with Gasteiger partial charge in [0.1, 0.15) is 0 Å². The highest BCUT2D eigenvalue weighted by Gasteiger charge is 2.23. The molecule has 0 heterocycles. The van der Waals surface area contributed by atoms with Crippen molar-refractivity contribution in [2.45, 2.75) is 53.4 Å². The molecule has 2 N–H and O–H groups in total. The molecule has 0 bridgehead atoms. The second kappa shape index (κ2) is 12.4. The Balaban J connectivity index is 5.52. The molecule has 0 atom stereocenters. The van der Waals surface area contributed by atoms with Crippen LogP contribution in [0, 0.1) is 0 Å². The number of allylic oxidation sites excluding steroid dienone is 4. The van der Waals surface area contributed by atoms with Crippen molar-refractivity contribution in [3.05, 3.63) is 46.6 Å². The molecule has 0 fully saturated rings. The van der Waals surface area contributed by atoms with Crippen molar-refractivity contribution in [3.63, 3.8) is 0 Å². The van der Waals surface area contributed by atoms with Gasteiger partial charge in [0.15, 0.2) is 0 Å². The smallest absolute Gasteiger partial charge is 0.342 e. The Bertz CT molecular complexity index is 646. The molecule has 0 aromatic rings. The summed E-state index contributed by atoms with van der Waals surface area (Å²) in [6.07, 6.45) is 8.16. The Hall–Kier alpha value is -2.96. The Kier molecular flexibility index (Phi) is 11.0. The minimum absolute atomic E-state index is 0.00923. The van der Waals surface area contributed by atoms with Crippen LogP contribution in [-0.4, -0.2) is 34.1 Å². The van der Waals surface area contributed by atoms with Crippen molar-refractivity contribution in [1.29, 1.82) is 0 Å². The molecule has 0 saturated carbocycles. The largest absolute Gasteiger partial charge is 0.478 e. The molecule has 0 aliphatic carbocycles. The highest BCUT2D eigenvalue weighted by atomic mass is 16.6. The van der Waals surface area contributed by atoms with E-state index < -0.39 is 23.9 Å². The number of esters is 2. The number of aliphatic carboxylic acids is 2. The van der Waals surface area contributed by atoms with E-state index in [1.165, 1.54) is 13.8 Å². The van der Waals surface area contributed by atoms with Crippen LogP contribution in [0.25, 0.3) is 0 Å². The molecule has 7 nitrogen and oxygen atoms in total. The number of carbonyl (C=O) groups is 4. The van der Waals surface area contributed by atoms with Gasteiger partial charge in [0.2, 0.25) is 0 Å². The fourth-order valence-corrected chi connectivity index (χ4v) is 2.02. The first kappa shape index (κ1) is 24.0. The minimum atomic E-state index is -1.29. The van der Waals surface area contributed by atoms with Crippen LogP contribution < -0.4 is 0 Å². The lowest BCUT2D eigenvalue weighted by Gasteiger charge is -2.08. The van der Waals surface area contributed by atoms with Crippen molar-refractivity contribution >= 4 is 23.9 Å². The predicted octanol–water partition coefficient (Wildman–Crippen LogP) is 3.57. The van der Waals surface area contributed by atoms with Crippen molar-refractivity contribution < 1.29 is 34.1 Å². The molecule has 0 rings (SSSR count). The summed E-state index contributed by atoms with van der Waals surface area (Å²) in [7, 11) is 0. The molecule has 0 radical (unpaired) electrons. The van der Waals surface area contributed by atoms with Gasteiger partial charge in [-0.2, -0.15) is 0 Å². The molecule has 0 aliphatic rings. The molecule has 7 heteroatoms. The van der Waals surface area contributed by atoms with E-state index in [1.54, 1.807) is 24.3 Å². The third-order valence-electron chi connectivity index (χ3n) is 3.67. The first-order valence-corrected chi connectivity index (χ1v) is 8.59. The first-order valence-electron chi connectivity index (χ1n) is 8.59. The SMILES string of the molecule is CC/C=C/C/C(C(=O)O)=C(/C)C(=O)OC(=O)/C(C)=C(\C/C=C/CC)C(=O)O. The van der Waals surface area contributed by atoms with E-state index in [1.807, 2.05) is 13.8 Å². The average Bonchev–Trinajstić information content (AvgIpc) is 2.60. The van der Waals surface area contributed by atoms with Crippen molar-refractivity contribution in [2.75, 3.05) is 0 Å². The molecular weight excluding hydrogens is 352 g/mol. The summed E-state index contributed by atoms with van der Waals surface area (Å²) in [5.74, 6) is -4.81. The molecule has 0 aromatic heterocycles. The number of carboxylic acids is 2. The zero-order chi connectivity index (χ0) is 21.0. The maximum Gasteiger partial charge on any atom is 0.342 e. The number of carbonyl (C=O) groups excluding carboxylic acids is 2. The highest BCUT2D eigenvalue weighted by molar-refractivity contribution is 6.07. The van der Waals surface area contributed by atoms with Gasteiger partial charge >= 0.3 is 23.9 Å². The first-order chi connectivity index (χ1) is 12.7. The minimum Gasteiger partial charge on any atom is -0.478 e. The van der Waals surface area contributed by atoms with Crippen molar-refractivity contribution in [3.8, 4) is 0 Å². The predicted molar refractivity (Wildman–Crippen MR) is 99.9 cm³/mol. The molecule has 0 amide bonds. The van der Waals surface area contributed by atoms with Crippen LogP contribution in [0.5, 0.6) is 0 Å². The van der Waals surface area contributed by atoms with E-state index in [9.17, 15) is 29.4 Å². The van der Waals surface area contributed by atoms with Gasteiger partial charge in [0.25, 0.3) is 0 Å². The fourth-order valence-electron chi connectivity index (χ4n) is 2.02. The standard InChI is InChI=1S/C20H26O7/c1-5-7-9-11-15(17(21)22)13(3)19(25)27-20(26)14(4)16(18(23)24)12-10-8-6-2/h7-10H,5-6,11-12H2,1-4H3,(H,21,22)(H,23,24)/b9-7+,10-8+,15-13+,16-14+. The number of carboxylic acid groups (broad SMARTS) is 2. The van der Waals surface area contributed by atoms with Crippen molar-refractivity contribution in [2.24, 2.45) is 0 Å². The van der Waals surface area contributed by atoms with E-state index in [0.29, 0.717) is 12.8 Å². The van der Waals surface area contributed by atoms with Gasteiger partial charge in [-0.25, -0.2) is 19.2 Å². The second-order valence-corrected chi connectivity index (χ2v) is 5.66. The highest BCUT2D eigenvalue weighted by Crippen LogP contribution is 2.16. The lowest BCUT2D eigenvalue weighted by Crippen LogP contribution is -2.19. The Morgan fingerprint density at radius 1 is 0.704 bits per heavy atom. The van der Waals surface area contributed by atoms with E-state index in [4.69, 9.17) is 0 Å². The maximum absolute atomic E-state index is 12.1. The Morgan fingerprint density at radius 2 is 1.04 bits per heavy atom. The van der Waals surface area contributed by atoms with Crippen LogP contribution in [0.4, 0.5) is 0 Å². The van der Waals surface area contributed by atoms with Crippen LogP contribution in [0.1, 0.15) is 53.4 Å². The number of hydrogen-bond donors (Lipinski definition) is 2. The zero-order valence-electron chi connectivity index (χ0n) is 16.1. The van der Waals surface area contributed by atoms with Crippen LogP contribution in [-0.2, 0) is 23.9 Å². The van der Waals surface area contributed by atoms with Gasteiger partial charge in [0.05, 0.1) is 11.1 Å². The number of ether oxygens (including phenoxy) is 1. The summed E-state index contributed by atoms with van der Waals surface area (Å²) in [4.78, 5) is 46.9. The lowest BCUT2D eigenvalue weighted by atomic mass is 10.1.